The summed E-state index contributed by atoms with van der Waals surface area (Å²) in [7, 11) is 4.14. The van der Waals surface area contributed by atoms with Crippen LogP contribution in [0.1, 0.15) is 32.0 Å². The normalized spacial score (nSPS) is 11.3. The Bertz CT molecular complexity index is 625. The van der Waals surface area contributed by atoms with E-state index in [1.165, 1.54) is 0 Å². The number of nitrogens with one attached hydrogen (secondary N) is 1. The molecule has 1 N–H and O–H groups in total. The molecule has 0 saturated carbocycles. The Balaban J connectivity index is 2.24. The van der Waals surface area contributed by atoms with Gasteiger partial charge in [-0.2, -0.15) is 0 Å². The molecule has 0 spiro atoms. The quantitative estimate of drug-likeness (QED) is 0.783. The fraction of sp³-hybridized carbons (Fsp3) is 0.471. The van der Waals surface area contributed by atoms with Gasteiger partial charge in [0.15, 0.2) is 11.6 Å². The zero-order chi connectivity index (χ0) is 16.8. The third kappa shape index (κ3) is 5.15. The molecule has 1 heterocycles. The van der Waals surface area contributed by atoms with Crippen molar-refractivity contribution in [1.29, 1.82) is 0 Å². The summed E-state index contributed by atoms with van der Waals surface area (Å²) in [5, 5.41) is 12.7. The molecule has 0 atom stereocenters. The highest BCUT2D eigenvalue weighted by Crippen LogP contribution is 2.26. The monoisotopic (exact) mass is 333 g/mol. The Kier molecular flexibility index (Phi) is 6.30. The number of halogens is 1. The Morgan fingerprint density at radius 2 is 1.83 bits per heavy atom. The van der Waals surface area contributed by atoms with E-state index in [0.29, 0.717) is 5.02 Å². The Morgan fingerprint density at radius 3 is 2.43 bits per heavy atom. The van der Waals surface area contributed by atoms with Crippen LogP contribution in [0.5, 0.6) is 0 Å². The van der Waals surface area contributed by atoms with Crippen LogP contribution in [-0.4, -0.2) is 47.3 Å². The van der Waals surface area contributed by atoms with E-state index in [4.69, 9.17) is 11.6 Å². The van der Waals surface area contributed by atoms with Crippen molar-refractivity contribution in [1.82, 2.24) is 20.1 Å². The van der Waals surface area contributed by atoms with Gasteiger partial charge >= 0.3 is 0 Å². The first-order chi connectivity index (χ1) is 11.0. The molecular formula is C17H24ClN5. The molecule has 0 aliphatic rings. The minimum Gasteiger partial charge on any atom is -0.368 e. The van der Waals surface area contributed by atoms with Crippen LogP contribution in [0.25, 0.3) is 11.3 Å². The van der Waals surface area contributed by atoms with E-state index < -0.39 is 0 Å². The highest BCUT2D eigenvalue weighted by atomic mass is 35.5. The molecule has 1 aromatic heterocycles. The van der Waals surface area contributed by atoms with Gasteiger partial charge in [-0.1, -0.05) is 37.6 Å². The molecule has 0 aliphatic carbocycles. The van der Waals surface area contributed by atoms with Crippen LogP contribution in [0.3, 0.4) is 0 Å². The lowest BCUT2D eigenvalue weighted by Crippen LogP contribution is -2.17. The molecule has 2 aromatic rings. The molecule has 0 unspecified atom stereocenters. The van der Waals surface area contributed by atoms with E-state index in [9.17, 15) is 0 Å². The van der Waals surface area contributed by atoms with Gasteiger partial charge in [-0.05, 0) is 39.2 Å². The molecule has 0 radical (unpaired) electrons. The number of anilines is 1. The van der Waals surface area contributed by atoms with E-state index in [1.54, 1.807) is 0 Å². The SMILES string of the molecule is CC(C)c1nnc(-c2ccc(Cl)cc2)c(NCCCN(C)C)n1. The highest BCUT2D eigenvalue weighted by molar-refractivity contribution is 6.30. The molecule has 2 rings (SSSR count). The van der Waals surface area contributed by atoms with Crippen molar-refractivity contribution >= 4 is 17.4 Å². The van der Waals surface area contributed by atoms with E-state index in [-0.39, 0.29) is 5.92 Å². The number of rotatable bonds is 7. The number of aromatic nitrogens is 3. The molecule has 124 valence electrons. The van der Waals surface area contributed by atoms with E-state index in [1.807, 2.05) is 24.3 Å². The van der Waals surface area contributed by atoms with Crippen molar-refractivity contribution in [2.75, 3.05) is 32.5 Å². The molecule has 0 amide bonds. The molecule has 0 aliphatic heterocycles. The third-order valence-corrected chi connectivity index (χ3v) is 3.66. The number of benzene rings is 1. The Labute approximate surface area is 143 Å². The minimum absolute atomic E-state index is 0.240. The van der Waals surface area contributed by atoms with Gasteiger partial charge in [-0.15, -0.1) is 10.2 Å². The standard InChI is InChI=1S/C17H24ClN5/c1-12(2)16-20-17(19-10-5-11-23(3)4)15(21-22-16)13-6-8-14(18)9-7-13/h6-9,12H,5,10-11H2,1-4H3,(H,19,20,22). The fourth-order valence-electron chi connectivity index (χ4n) is 2.11. The predicted octanol–water partition coefficient (Wildman–Crippen LogP) is 3.68. The maximum Gasteiger partial charge on any atom is 0.156 e. The van der Waals surface area contributed by atoms with Crippen LogP contribution in [0, 0.1) is 0 Å². The summed E-state index contributed by atoms with van der Waals surface area (Å²) < 4.78 is 0. The van der Waals surface area contributed by atoms with Crippen molar-refractivity contribution in [2.24, 2.45) is 0 Å². The van der Waals surface area contributed by atoms with Gasteiger partial charge in [0, 0.05) is 23.0 Å². The summed E-state index contributed by atoms with van der Waals surface area (Å²) in [6.07, 6.45) is 1.04. The van der Waals surface area contributed by atoms with Crippen LogP contribution >= 0.6 is 11.6 Å². The van der Waals surface area contributed by atoms with Crippen molar-refractivity contribution in [2.45, 2.75) is 26.2 Å². The van der Waals surface area contributed by atoms with Gasteiger partial charge in [0.1, 0.15) is 5.69 Å². The van der Waals surface area contributed by atoms with Gasteiger partial charge in [0.05, 0.1) is 0 Å². The van der Waals surface area contributed by atoms with Gasteiger partial charge in [-0.3, -0.25) is 0 Å². The minimum atomic E-state index is 0.240. The van der Waals surface area contributed by atoms with Crippen molar-refractivity contribution < 1.29 is 0 Å². The maximum absolute atomic E-state index is 5.97. The molecule has 6 heteroatoms. The lowest BCUT2D eigenvalue weighted by atomic mass is 10.1. The zero-order valence-corrected chi connectivity index (χ0v) is 14.9. The molecule has 0 saturated heterocycles. The number of hydrogen-bond donors (Lipinski definition) is 1. The maximum atomic E-state index is 5.97. The molecule has 23 heavy (non-hydrogen) atoms. The topological polar surface area (TPSA) is 53.9 Å². The summed E-state index contributed by atoms with van der Waals surface area (Å²) in [6.45, 7) is 6.00. The Hall–Kier alpha value is -1.72. The first-order valence-corrected chi connectivity index (χ1v) is 8.24. The second-order valence-corrected chi connectivity index (χ2v) is 6.55. The highest BCUT2D eigenvalue weighted by Gasteiger charge is 2.13. The molecule has 1 aromatic carbocycles. The van der Waals surface area contributed by atoms with Gasteiger partial charge in [-0.25, -0.2) is 4.98 Å². The molecular weight excluding hydrogens is 310 g/mol. The summed E-state index contributed by atoms with van der Waals surface area (Å²) in [5.74, 6) is 1.77. The first kappa shape index (κ1) is 17.6. The predicted molar refractivity (Wildman–Crippen MR) is 96.0 cm³/mol. The van der Waals surface area contributed by atoms with Crippen molar-refractivity contribution in [3.05, 3.63) is 35.1 Å². The summed E-state index contributed by atoms with van der Waals surface area (Å²) in [4.78, 5) is 6.82. The van der Waals surface area contributed by atoms with Gasteiger partial charge in [0.25, 0.3) is 0 Å². The fourth-order valence-corrected chi connectivity index (χ4v) is 2.24. The van der Waals surface area contributed by atoms with E-state index in [2.05, 4.69) is 53.3 Å². The summed E-state index contributed by atoms with van der Waals surface area (Å²) in [5.41, 5.74) is 1.72. The largest absolute Gasteiger partial charge is 0.368 e. The number of hydrogen-bond acceptors (Lipinski definition) is 5. The van der Waals surface area contributed by atoms with Crippen LogP contribution in [0.15, 0.2) is 24.3 Å². The number of nitrogens with zero attached hydrogens (tertiary/aromatic N) is 4. The van der Waals surface area contributed by atoms with Crippen LogP contribution < -0.4 is 5.32 Å². The molecule has 0 fully saturated rings. The smallest absolute Gasteiger partial charge is 0.156 e. The van der Waals surface area contributed by atoms with Gasteiger partial charge < -0.3 is 10.2 Å². The van der Waals surface area contributed by atoms with Crippen LogP contribution in [0.2, 0.25) is 5.02 Å². The van der Waals surface area contributed by atoms with E-state index in [0.717, 1.165) is 42.4 Å². The molecule has 5 nitrogen and oxygen atoms in total. The first-order valence-electron chi connectivity index (χ1n) is 7.86. The second kappa shape index (κ2) is 8.22. The third-order valence-electron chi connectivity index (χ3n) is 3.41. The van der Waals surface area contributed by atoms with E-state index >= 15 is 0 Å². The van der Waals surface area contributed by atoms with Gasteiger partial charge in [0.2, 0.25) is 0 Å². The average Bonchev–Trinajstić information content (AvgIpc) is 2.52. The van der Waals surface area contributed by atoms with Crippen LogP contribution in [-0.2, 0) is 0 Å². The summed E-state index contributed by atoms with van der Waals surface area (Å²) >= 11 is 5.97. The lowest BCUT2D eigenvalue weighted by Gasteiger charge is -2.14. The summed E-state index contributed by atoms with van der Waals surface area (Å²) in [6, 6.07) is 7.58. The average molecular weight is 334 g/mol. The van der Waals surface area contributed by atoms with Crippen molar-refractivity contribution in [3.63, 3.8) is 0 Å². The lowest BCUT2D eigenvalue weighted by molar-refractivity contribution is 0.405. The molecule has 0 bridgehead atoms. The van der Waals surface area contributed by atoms with Crippen LogP contribution in [0.4, 0.5) is 5.82 Å². The zero-order valence-electron chi connectivity index (χ0n) is 14.2. The van der Waals surface area contributed by atoms with Crippen molar-refractivity contribution in [3.8, 4) is 11.3 Å². The Morgan fingerprint density at radius 1 is 1.13 bits per heavy atom. The second-order valence-electron chi connectivity index (χ2n) is 6.11.